The molecule has 1 fully saturated rings. The molecule has 0 amide bonds. The standard InChI is InChI=1S/C22H22F2N4O3S/c1-27(15-9-10-16(12-15)28-13-20(24)21(25)26-22(28)29)32(30,31)17-6-4-5-14(11-17)18-7-2-3-8-19(18)23/h2-8,11,13,15-16H,9-10,12H2,1H3,(H2,25,26,29)/t15?,16-/m0/s1. The summed E-state index contributed by atoms with van der Waals surface area (Å²) >= 11 is 0. The van der Waals surface area contributed by atoms with Gasteiger partial charge in [0.2, 0.25) is 10.0 Å². The molecule has 1 aromatic heterocycles. The van der Waals surface area contributed by atoms with Crippen molar-refractivity contribution in [3.63, 3.8) is 0 Å². The first-order valence-corrected chi connectivity index (χ1v) is 11.5. The molecule has 7 nitrogen and oxygen atoms in total. The monoisotopic (exact) mass is 460 g/mol. The SMILES string of the molecule is CN(C1CC[C@H](n2cc(F)c(N)nc2=O)C1)S(=O)(=O)c1cccc(-c2ccccc2F)c1. The number of halogens is 2. The summed E-state index contributed by atoms with van der Waals surface area (Å²) in [5.41, 5.74) is 5.44. The second kappa shape index (κ2) is 8.44. The number of aromatic nitrogens is 2. The van der Waals surface area contributed by atoms with E-state index in [2.05, 4.69) is 4.98 Å². The maximum atomic E-state index is 14.2. The van der Waals surface area contributed by atoms with Gasteiger partial charge in [-0.25, -0.2) is 22.0 Å². The molecule has 168 valence electrons. The summed E-state index contributed by atoms with van der Waals surface area (Å²) in [6.45, 7) is 0. The van der Waals surface area contributed by atoms with Crippen LogP contribution in [-0.2, 0) is 10.0 Å². The summed E-state index contributed by atoms with van der Waals surface area (Å²) in [5.74, 6) is -1.70. The predicted molar refractivity (Wildman–Crippen MR) is 116 cm³/mol. The molecule has 1 unspecified atom stereocenters. The van der Waals surface area contributed by atoms with Crippen molar-refractivity contribution in [2.24, 2.45) is 0 Å². The number of anilines is 1. The topological polar surface area (TPSA) is 98.3 Å². The minimum Gasteiger partial charge on any atom is -0.381 e. The van der Waals surface area contributed by atoms with Crippen LogP contribution in [0.1, 0.15) is 25.3 Å². The van der Waals surface area contributed by atoms with Crippen LogP contribution in [0.3, 0.4) is 0 Å². The lowest BCUT2D eigenvalue weighted by molar-refractivity contribution is 0.358. The molecule has 4 rings (SSSR count). The smallest absolute Gasteiger partial charge is 0.349 e. The van der Waals surface area contributed by atoms with E-state index >= 15 is 0 Å². The zero-order chi connectivity index (χ0) is 23.0. The number of nitrogens with zero attached hydrogens (tertiary/aromatic N) is 3. The molecule has 0 spiro atoms. The van der Waals surface area contributed by atoms with E-state index in [-0.39, 0.29) is 4.90 Å². The molecular weight excluding hydrogens is 438 g/mol. The molecular formula is C22H22F2N4O3S. The lowest BCUT2D eigenvalue weighted by Crippen LogP contribution is -2.36. The Balaban J connectivity index is 1.58. The van der Waals surface area contributed by atoms with Crippen LogP contribution in [0.2, 0.25) is 0 Å². The fourth-order valence-electron chi connectivity index (χ4n) is 4.12. The molecule has 1 aliphatic rings. The third-order valence-corrected chi connectivity index (χ3v) is 7.82. The molecule has 0 aliphatic heterocycles. The summed E-state index contributed by atoms with van der Waals surface area (Å²) < 4.78 is 57.0. The van der Waals surface area contributed by atoms with Crippen molar-refractivity contribution in [3.8, 4) is 11.1 Å². The second-order valence-electron chi connectivity index (χ2n) is 7.81. The molecule has 32 heavy (non-hydrogen) atoms. The highest BCUT2D eigenvalue weighted by Gasteiger charge is 2.35. The van der Waals surface area contributed by atoms with Gasteiger partial charge in [0, 0.05) is 30.9 Å². The third kappa shape index (κ3) is 4.03. The number of hydrogen-bond acceptors (Lipinski definition) is 5. The van der Waals surface area contributed by atoms with E-state index in [1.807, 2.05) is 0 Å². The van der Waals surface area contributed by atoms with E-state index in [0.29, 0.717) is 30.4 Å². The lowest BCUT2D eigenvalue weighted by atomic mass is 10.1. The molecule has 2 N–H and O–H groups in total. The van der Waals surface area contributed by atoms with Crippen molar-refractivity contribution in [1.29, 1.82) is 0 Å². The van der Waals surface area contributed by atoms with Crippen molar-refractivity contribution in [2.75, 3.05) is 12.8 Å². The Morgan fingerprint density at radius 3 is 2.59 bits per heavy atom. The first kappa shape index (κ1) is 22.1. The van der Waals surface area contributed by atoms with Crippen LogP contribution in [0.25, 0.3) is 11.1 Å². The minimum atomic E-state index is -3.88. The highest BCUT2D eigenvalue weighted by atomic mass is 32.2. The summed E-state index contributed by atoms with van der Waals surface area (Å²) in [4.78, 5) is 15.6. The molecule has 2 aromatic carbocycles. The van der Waals surface area contributed by atoms with E-state index in [0.717, 1.165) is 6.20 Å². The molecule has 0 bridgehead atoms. The quantitative estimate of drug-likeness (QED) is 0.631. The summed E-state index contributed by atoms with van der Waals surface area (Å²) in [6.07, 6.45) is 2.33. The van der Waals surface area contributed by atoms with Crippen molar-refractivity contribution in [1.82, 2.24) is 13.9 Å². The Morgan fingerprint density at radius 2 is 1.84 bits per heavy atom. The predicted octanol–water partition coefficient (Wildman–Crippen LogP) is 3.19. The molecule has 10 heteroatoms. The van der Waals surface area contributed by atoms with Gasteiger partial charge in [0.25, 0.3) is 0 Å². The van der Waals surface area contributed by atoms with Crippen LogP contribution in [-0.4, -0.2) is 35.4 Å². The molecule has 1 saturated carbocycles. The van der Waals surface area contributed by atoms with Gasteiger partial charge in [0.15, 0.2) is 11.6 Å². The average Bonchev–Trinajstić information content (AvgIpc) is 3.26. The number of sulfonamides is 1. The molecule has 1 heterocycles. The summed E-state index contributed by atoms with van der Waals surface area (Å²) in [7, 11) is -2.41. The lowest BCUT2D eigenvalue weighted by Gasteiger charge is -2.24. The maximum Gasteiger partial charge on any atom is 0.349 e. The first-order valence-electron chi connectivity index (χ1n) is 10.1. The van der Waals surface area contributed by atoms with Crippen molar-refractivity contribution >= 4 is 15.8 Å². The molecule has 2 atom stereocenters. The fraction of sp³-hybridized carbons (Fsp3) is 0.273. The third-order valence-electron chi connectivity index (χ3n) is 5.91. The first-order chi connectivity index (χ1) is 15.2. The molecule has 1 aliphatic carbocycles. The normalized spacial score (nSPS) is 18.9. The zero-order valence-corrected chi connectivity index (χ0v) is 18.1. The Kier molecular flexibility index (Phi) is 5.83. The largest absolute Gasteiger partial charge is 0.381 e. The van der Waals surface area contributed by atoms with E-state index in [1.54, 1.807) is 30.3 Å². The van der Waals surface area contributed by atoms with E-state index < -0.39 is 45.2 Å². The fourth-order valence-corrected chi connectivity index (χ4v) is 5.56. The zero-order valence-electron chi connectivity index (χ0n) is 17.3. The van der Waals surface area contributed by atoms with Crippen molar-refractivity contribution in [2.45, 2.75) is 36.2 Å². The van der Waals surface area contributed by atoms with Gasteiger partial charge in [0.05, 0.1) is 4.90 Å². The van der Waals surface area contributed by atoms with Gasteiger partial charge in [0.1, 0.15) is 5.82 Å². The summed E-state index contributed by atoms with van der Waals surface area (Å²) in [6, 6.07) is 11.5. The molecule has 0 radical (unpaired) electrons. The van der Waals surface area contributed by atoms with E-state index in [4.69, 9.17) is 5.73 Å². The highest BCUT2D eigenvalue weighted by Crippen LogP contribution is 2.35. The van der Waals surface area contributed by atoms with Crippen LogP contribution in [0.5, 0.6) is 0 Å². The van der Waals surface area contributed by atoms with Crippen molar-refractivity contribution in [3.05, 3.63) is 76.8 Å². The van der Waals surface area contributed by atoms with E-state index in [9.17, 15) is 22.0 Å². The summed E-state index contributed by atoms with van der Waals surface area (Å²) in [5, 5.41) is 0. The maximum absolute atomic E-state index is 14.2. The number of nitrogens with two attached hydrogens (primary N) is 1. The Morgan fingerprint density at radius 1 is 1.09 bits per heavy atom. The van der Waals surface area contributed by atoms with Gasteiger partial charge in [-0.05, 0) is 43.0 Å². The van der Waals surface area contributed by atoms with Gasteiger partial charge >= 0.3 is 5.69 Å². The van der Waals surface area contributed by atoms with Crippen LogP contribution < -0.4 is 11.4 Å². The number of nitrogen functional groups attached to an aromatic ring is 1. The molecule has 3 aromatic rings. The van der Waals surface area contributed by atoms with Gasteiger partial charge in [-0.3, -0.25) is 4.57 Å². The second-order valence-corrected chi connectivity index (χ2v) is 9.81. The number of hydrogen-bond donors (Lipinski definition) is 1. The van der Waals surface area contributed by atoms with Gasteiger partial charge < -0.3 is 5.73 Å². The van der Waals surface area contributed by atoms with Gasteiger partial charge in [-0.1, -0.05) is 30.3 Å². The van der Waals surface area contributed by atoms with Gasteiger partial charge in [-0.2, -0.15) is 9.29 Å². The average molecular weight is 461 g/mol. The number of rotatable bonds is 5. The minimum absolute atomic E-state index is 0.0431. The molecule has 0 saturated heterocycles. The Hall–Kier alpha value is -3.11. The Bertz CT molecular complexity index is 1330. The van der Waals surface area contributed by atoms with Crippen LogP contribution >= 0.6 is 0 Å². The van der Waals surface area contributed by atoms with Crippen LogP contribution in [0.4, 0.5) is 14.6 Å². The van der Waals surface area contributed by atoms with Crippen LogP contribution in [0, 0.1) is 11.6 Å². The Labute approximate surface area is 184 Å². The van der Waals surface area contributed by atoms with Gasteiger partial charge in [-0.15, -0.1) is 0 Å². The van der Waals surface area contributed by atoms with Crippen LogP contribution in [0.15, 0.2) is 64.4 Å². The van der Waals surface area contributed by atoms with E-state index in [1.165, 1.54) is 34.1 Å². The van der Waals surface area contributed by atoms with Crippen molar-refractivity contribution < 1.29 is 17.2 Å². The highest BCUT2D eigenvalue weighted by molar-refractivity contribution is 7.89. The number of benzene rings is 2.